The molecule has 0 amide bonds. The quantitative estimate of drug-likeness (QED) is 0.358. The first-order chi connectivity index (χ1) is 16.5. The van der Waals surface area contributed by atoms with E-state index in [1.54, 1.807) is 6.92 Å². The van der Waals surface area contributed by atoms with E-state index in [1.807, 2.05) is 0 Å². The Morgan fingerprint density at radius 2 is 1.77 bits per heavy atom. The van der Waals surface area contributed by atoms with Gasteiger partial charge in [0.05, 0.1) is 22.8 Å². The molecule has 4 rings (SSSR count). The number of rotatable bonds is 6. The van der Waals surface area contributed by atoms with Gasteiger partial charge in [0.25, 0.3) is 5.89 Å². The maximum absolute atomic E-state index is 13.7. The van der Waals surface area contributed by atoms with Gasteiger partial charge < -0.3 is 9.15 Å². The smallest absolute Gasteiger partial charge is 0.418 e. The van der Waals surface area contributed by atoms with E-state index < -0.39 is 27.5 Å². The molecule has 0 unspecified atom stereocenters. The highest BCUT2D eigenvalue weighted by atomic mass is 32.2. The molecule has 0 radical (unpaired) electrons. The molecule has 13 heteroatoms. The Morgan fingerprint density at radius 1 is 1.06 bits per heavy atom. The van der Waals surface area contributed by atoms with Crippen molar-refractivity contribution in [3.8, 4) is 28.7 Å². The monoisotopic (exact) mass is 506 g/mol. The number of nitrogens with zero attached hydrogens (tertiary/aromatic N) is 4. The van der Waals surface area contributed by atoms with Crippen LogP contribution in [0.5, 0.6) is 0 Å². The third kappa shape index (κ3) is 4.94. The minimum absolute atomic E-state index is 0.0171. The molecule has 2 aromatic heterocycles. The maximum atomic E-state index is 13.7. The summed E-state index contributed by atoms with van der Waals surface area (Å²) in [5.74, 6) is -1.18. The highest BCUT2D eigenvalue weighted by Crippen LogP contribution is 2.36. The van der Waals surface area contributed by atoms with Gasteiger partial charge >= 0.3 is 12.1 Å². The van der Waals surface area contributed by atoms with E-state index in [1.165, 1.54) is 48.5 Å². The van der Waals surface area contributed by atoms with Crippen molar-refractivity contribution in [1.29, 1.82) is 0 Å². The van der Waals surface area contributed by atoms with Gasteiger partial charge in [-0.2, -0.15) is 18.3 Å². The zero-order chi connectivity index (χ0) is 25.4. The first kappa shape index (κ1) is 24.1. The second-order valence-corrected chi connectivity index (χ2v) is 9.29. The van der Waals surface area contributed by atoms with E-state index in [9.17, 15) is 26.4 Å². The van der Waals surface area contributed by atoms with Gasteiger partial charge in [-0.05, 0) is 37.3 Å². The van der Waals surface area contributed by atoms with Crippen LogP contribution in [0.3, 0.4) is 0 Å². The lowest BCUT2D eigenvalue weighted by Crippen LogP contribution is -2.13. The topological polar surface area (TPSA) is 117 Å². The Labute approximate surface area is 197 Å². The van der Waals surface area contributed by atoms with E-state index in [2.05, 4.69) is 15.3 Å². The van der Waals surface area contributed by atoms with Gasteiger partial charge in [0.2, 0.25) is 5.89 Å². The number of sulfone groups is 1. The molecule has 4 aromatic rings. The fraction of sp³-hybridized carbons (Fsp3) is 0.182. The second kappa shape index (κ2) is 8.98. The summed E-state index contributed by atoms with van der Waals surface area (Å²) < 4.78 is 76.2. The van der Waals surface area contributed by atoms with Crippen molar-refractivity contribution in [3.63, 3.8) is 0 Å². The van der Waals surface area contributed by atoms with Crippen LogP contribution in [0, 0.1) is 0 Å². The molecule has 182 valence electrons. The van der Waals surface area contributed by atoms with Gasteiger partial charge in [0, 0.05) is 17.9 Å². The predicted molar refractivity (Wildman–Crippen MR) is 116 cm³/mol. The summed E-state index contributed by atoms with van der Waals surface area (Å²) in [7, 11) is -3.51. The van der Waals surface area contributed by atoms with E-state index in [-0.39, 0.29) is 45.9 Å². The van der Waals surface area contributed by atoms with Crippen LogP contribution < -0.4 is 0 Å². The van der Waals surface area contributed by atoms with Gasteiger partial charge in [0.1, 0.15) is 5.69 Å². The van der Waals surface area contributed by atoms with E-state index in [0.29, 0.717) is 0 Å². The van der Waals surface area contributed by atoms with E-state index >= 15 is 0 Å². The van der Waals surface area contributed by atoms with Gasteiger partial charge in [-0.1, -0.05) is 18.2 Å². The largest absolute Gasteiger partial charge is 0.461 e. The van der Waals surface area contributed by atoms with Crippen LogP contribution >= 0.6 is 0 Å². The molecule has 0 fully saturated rings. The van der Waals surface area contributed by atoms with Gasteiger partial charge in [-0.25, -0.2) is 17.9 Å². The lowest BCUT2D eigenvalue weighted by Gasteiger charge is -2.13. The summed E-state index contributed by atoms with van der Waals surface area (Å²) in [5, 5.41) is 11.8. The molecule has 35 heavy (non-hydrogen) atoms. The van der Waals surface area contributed by atoms with E-state index in [4.69, 9.17) is 9.15 Å². The number of aromatic nitrogens is 4. The van der Waals surface area contributed by atoms with Crippen LogP contribution in [0.2, 0.25) is 0 Å². The number of benzene rings is 2. The van der Waals surface area contributed by atoms with Crippen LogP contribution in [0.1, 0.15) is 23.0 Å². The number of alkyl halides is 3. The van der Waals surface area contributed by atoms with Crippen LogP contribution in [0.4, 0.5) is 13.2 Å². The van der Waals surface area contributed by atoms with Crippen molar-refractivity contribution in [2.75, 3.05) is 12.9 Å². The molecule has 0 saturated carbocycles. The zero-order valence-corrected chi connectivity index (χ0v) is 19.1. The highest BCUT2D eigenvalue weighted by Gasteiger charge is 2.35. The minimum Gasteiger partial charge on any atom is -0.461 e. The molecule has 0 N–H and O–H groups in total. The Morgan fingerprint density at radius 3 is 2.46 bits per heavy atom. The Bertz CT molecular complexity index is 1510. The number of para-hydroxylation sites is 1. The van der Waals surface area contributed by atoms with Gasteiger partial charge in [-0.3, -0.25) is 0 Å². The molecule has 0 atom stereocenters. The summed E-state index contributed by atoms with van der Waals surface area (Å²) >= 11 is 0. The fourth-order valence-corrected chi connectivity index (χ4v) is 3.89. The van der Waals surface area contributed by atoms with Crippen molar-refractivity contribution in [2.45, 2.75) is 18.0 Å². The first-order valence-electron chi connectivity index (χ1n) is 10.1. The lowest BCUT2D eigenvalue weighted by atomic mass is 10.1. The predicted octanol–water partition coefficient (Wildman–Crippen LogP) is 4.19. The standard InChI is InChI=1S/C22H17F3N4O5S/c1-3-33-21(30)16-12-18(29(28-16)17-10-5-4-9-15(17)22(23,24)25)20-27-26-19(34-20)13-7-6-8-14(11-13)35(2,31)32/h4-12H,3H2,1-2H3. The average molecular weight is 506 g/mol. The molecule has 0 aliphatic rings. The summed E-state index contributed by atoms with van der Waals surface area (Å²) in [6, 6.07) is 11.6. The van der Waals surface area contributed by atoms with Crippen LogP contribution in [-0.4, -0.2) is 47.2 Å². The Hall–Kier alpha value is -4.00. The van der Waals surface area contributed by atoms with Crippen molar-refractivity contribution in [3.05, 3.63) is 65.9 Å². The second-order valence-electron chi connectivity index (χ2n) is 7.27. The van der Waals surface area contributed by atoms with Crippen LogP contribution in [0.25, 0.3) is 28.7 Å². The van der Waals surface area contributed by atoms with Gasteiger partial charge in [0.15, 0.2) is 15.5 Å². The first-order valence-corrected chi connectivity index (χ1v) is 12.0. The Kier molecular flexibility index (Phi) is 6.19. The summed E-state index contributed by atoms with van der Waals surface area (Å²) in [6.45, 7) is 1.60. The number of hydrogen-bond donors (Lipinski definition) is 0. The number of esters is 1. The molecular formula is C22H17F3N4O5S. The average Bonchev–Trinajstić information content (AvgIpc) is 3.46. The molecule has 2 heterocycles. The van der Waals surface area contributed by atoms with Crippen molar-refractivity contribution in [2.24, 2.45) is 0 Å². The molecule has 0 aliphatic heterocycles. The Balaban J connectivity index is 1.86. The number of halogens is 3. The molecule has 0 saturated heterocycles. The van der Waals surface area contributed by atoms with E-state index in [0.717, 1.165) is 17.0 Å². The number of hydrogen-bond acceptors (Lipinski definition) is 8. The third-order valence-corrected chi connectivity index (χ3v) is 5.90. The highest BCUT2D eigenvalue weighted by molar-refractivity contribution is 7.90. The van der Waals surface area contributed by atoms with Gasteiger partial charge in [-0.15, -0.1) is 10.2 Å². The zero-order valence-electron chi connectivity index (χ0n) is 18.3. The number of carbonyl (C=O) groups excluding carboxylic acids is 1. The van der Waals surface area contributed by atoms with Crippen molar-refractivity contribution in [1.82, 2.24) is 20.0 Å². The minimum atomic E-state index is -4.71. The molecular weight excluding hydrogens is 489 g/mol. The maximum Gasteiger partial charge on any atom is 0.418 e. The molecule has 0 bridgehead atoms. The van der Waals surface area contributed by atoms with Crippen molar-refractivity contribution >= 4 is 15.8 Å². The number of ether oxygens (including phenoxy) is 1. The normalized spacial score (nSPS) is 12.0. The van der Waals surface area contributed by atoms with Crippen LogP contribution in [0.15, 0.2) is 63.9 Å². The molecule has 9 nitrogen and oxygen atoms in total. The molecule has 2 aromatic carbocycles. The number of carbonyl (C=O) groups is 1. The summed E-state index contributed by atoms with van der Waals surface area (Å²) in [5.41, 5.74) is -1.45. The fourth-order valence-electron chi connectivity index (χ4n) is 3.22. The SMILES string of the molecule is CCOC(=O)c1cc(-c2nnc(-c3cccc(S(C)(=O)=O)c3)o2)n(-c2ccccc2C(F)(F)F)n1. The molecule has 0 spiro atoms. The summed E-state index contributed by atoms with van der Waals surface area (Å²) in [4.78, 5) is 12.3. The van der Waals surface area contributed by atoms with Crippen molar-refractivity contribution < 1.29 is 35.5 Å². The summed E-state index contributed by atoms with van der Waals surface area (Å²) in [6.07, 6.45) is -3.67. The van der Waals surface area contributed by atoms with Crippen LogP contribution in [-0.2, 0) is 20.8 Å². The molecule has 0 aliphatic carbocycles. The lowest BCUT2D eigenvalue weighted by molar-refractivity contribution is -0.137. The third-order valence-electron chi connectivity index (χ3n) is 4.78.